The lowest BCUT2D eigenvalue weighted by Crippen LogP contribution is -2.37. The lowest BCUT2D eigenvalue weighted by Gasteiger charge is -2.20. The second-order valence-electron chi connectivity index (χ2n) is 5.30. The molecule has 4 nitrogen and oxygen atoms in total. The summed E-state index contributed by atoms with van der Waals surface area (Å²) in [5, 5.41) is 0. The Labute approximate surface area is 128 Å². The second kappa shape index (κ2) is 7.60. The van der Waals surface area contributed by atoms with E-state index in [0.29, 0.717) is 5.56 Å². The van der Waals surface area contributed by atoms with Gasteiger partial charge in [-0.15, -0.1) is 0 Å². The van der Waals surface area contributed by atoms with Gasteiger partial charge in [-0.1, -0.05) is 38.2 Å². The van der Waals surface area contributed by atoms with E-state index in [0.717, 1.165) is 12.0 Å². The number of hydrogen-bond acceptors (Lipinski definition) is 3. The third-order valence-electron chi connectivity index (χ3n) is 3.59. The van der Waals surface area contributed by atoms with Crippen molar-refractivity contribution in [2.45, 2.75) is 45.1 Å². The van der Waals surface area contributed by atoms with Gasteiger partial charge in [-0.3, -0.25) is 0 Å². The Balaban J connectivity index is 3.19. The topological polar surface area (TPSA) is 72.2 Å². The van der Waals surface area contributed by atoms with Gasteiger partial charge < -0.3 is 5.73 Å². The summed E-state index contributed by atoms with van der Waals surface area (Å²) in [5.41, 5.74) is 6.83. The van der Waals surface area contributed by atoms with Crippen LogP contribution in [-0.2, 0) is 10.0 Å². The molecule has 1 aromatic rings. The van der Waals surface area contributed by atoms with Crippen molar-refractivity contribution in [2.75, 3.05) is 6.54 Å². The van der Waals surface area contributed by atoms with E-state index < -0.39 is 10.0 Å². The van der Waals surface area contributed by atoms with Gasteiger partial charge in [0.2, 0.25) is 10.0 Å². The van der Waals surface area contributed by atoms with Gasteiger partial charge in [0.15, 0.2) is 0 Å². The highest BCUT2D eigenvalue weighted by atomic mass is 32.2. The minimum atomic E-state index is -3.59. The molecule has 0 heterocycles. The van der Waals surface area contributed by atoms with Crippen LogP contribution in [0, 0.1) is 24.7 Å². The van der Waals surface area contributed by atoms with Crippen LogP contribution in [0.25, 0.3) is 0 Å². The molecule has 116 valence electrons. The van der Waals surface area contributed by atoms with E-state index >= 15 is 0 Å². The minimum absolute atomic E-state index is 0.128. The molecule has 0 aromatic heterocycles. The van der Waals surface area contributed by atoms with Crippen LogP contribution in [0.1, 0.15) is 38.3 Å². The van der Waals surface area contributed by atoms with Gasteiger partial charge in [-0.25, -0.2) is 13.1 Å². The first-order chi connectivity index (χ1) is 9.81. The normalized spacial score (nSPS) is 14.1. The van der Waals surface area contributed by atoms with Crippen molar-refractivity contribution in [2.24, 2.45) is 11.7 Å². The average molecular weight is 308 g/mol. The Morgan fingerprint density at radius 1 is 1.33 bits per heavy atom. The summed E-state index contributed by atoms with van der Waals surface area (Å²) in [5.74, 6) is 5.83. The molecule has 0 fully saturated rings. The van der Waals surface area contributed by atoms with E-state index in [1.54, 1.807) is 18.2 Å². The molecule has 0 aliphatic heterocycles. The summed E-state index contributed by atoms with van der Waals surface area (Å²) >= 11 is 0. The molecule has 0 saturated carbocycles. The fourth-order valence-electron chi connectivity index (χ4n) is 1.90. The van der Waals surface area contributed by atoms with Gasteiger partial charge >= 0.3 is 0 Å². The Hall–Kier alpha value is -1.35. The Morgan fingerprint density at radius 2 is 2.00 bits per heavy atom. The maximum atomic E-state index is 12.5. The van der Waals surface area contributed by atoms with Crippen molar-refractivity contribution in [1.29, 1.82) is 0 Å². The molecule has 1 aromatic carbocycles. The summed E-state index contributed by atoms with van der Waals surface area (Å²) < 4.78 is 27.8. The SMILES string of the molecule is CCC(C)C(C)NS(=O)(=O)c1ccc(C)cc1C#CCN. The van der Waals surface area contributed by atoms with Crippen molar-refractivity contribution in [1.82, 2.24) is 4.72 Å². The summed E-state index contributed by atoms with van der Waals surface area (Å²) in [6.07, 6.45) is 0.914. The summed E-state index contributed by atoms with van der Waals surface area (Å²) in [6.45, 7) is 8.05. The molecule has 1 rings (SSSR count). The molecule has 0 aliphatic carbocycles. The molecule has 3 N–H and O–H groups in total. The Kier molecular flexibility index (Phi) is 6.41. The first kappa shape index (κ1) is 17.7. The molecule has 0 spiro atoms. The minimum Gasteiger partial charge on any atom is -0.320 e. The lowest BCUT2D eigenvalue weighted by atomic mass is 10.0. The monoisotopic (exact) mass is 308 g/mol. The van der Waals surface area contributed by atoms with Gasteiger partial charge in [0, 0.05) is 11.6 Å². The van der Waals surface area contributed by atoms with Gasteiger partial charge in [-0.05, 0) is 37.5 Å². The van der Waals surface area contributed by atoms with Crippen LogP contribution in [0.3, 0.4) is 0 Å². The first-order valence-electron chi connectivity index (χ1n) is 7.13. The summed E-state index contributed by atoms with van der Waals surface area (Å²) in [6, 6.07) is 5.01. The van der Waals surface area contributed by atoms with Crippen molar-refractivity contribution in [3.8, 4) is 11.8 Å². The van der Waals surface area contributed by atoms with E-state index in [-0.39, 0.29) is 23.4 Å². The van der Waals surface area contributed by atoms with Gasteiger partial charge in [-0.2, -0.15) is 0 Å². The van der Waals surface area contributed by atoms with Crippen molar-refractivity contribution >= 4 is 10.0 Å². The zero-order valence-corrected chi connectivity index (χ0v) is 13.9. The highest BCUT2D eigenvalue weighted by molar-refractivity contribution is 7.89. The third-order valence-corrected chi connectivity index (χ3v) is 5.21. The molecule has 0 radical (unpaired) electrons. The van der Waals surface area contributed by atoms with E-state index in [9.17, 15) is 8.42 Å². The highest BCUT2D eigenvalue weighted by Crippen LogP contribution is 2.18. The summed E-state index contributed by atoms with van der Waals surface area (Å²) in [4.78, 5) is 0.212. The van der Waals surface area contributed by atoms with Crippen LogP contribution in [0.15, 0.2) is 23.1 Å². The Morgan fingerprint density at radius 3 is 2.57 bits per heavy atom. The molecule has 0 amide bonds. The number of benzene rings is 1. The first-order valence-corrected chi connectivity index (χ1v) is 8.62. The smallest absolute Gasteiger partial charge is 0.242 e. The second-order valence-corrected chi connectivity index (χ2v) is 6.98. The van der Waals surface area contributed by atoms with Crippen molar-refractivity contribution in [3.63, 3.8) is 0 Å². The molecular formula is C16H24N2O2S. The van der Waals surface area contributed by atoms with Gasteiger partial charge in [0.25, 0.3) is 0 Å². The standard InChI is InChI=1S/C16H24N2O2S/c1-5-13(3)14(4)18-21(19,20)16-9-8-12(2)11-15(16)7-6-10-17/h8-9,11,13-14,18H,5,10,17H2,1-4H3. The molecule has 0 bridgehead atoms. The predicted octanol–water partition coefficient (Wildman–Crippen LogP) is 2.02. The van der Waals surface area contributed by atoms with Crippen LogP contribution in [0.4, 0.5) is 0 Å². The molecule has 2 atom stereocenters. The highest BCUT2D eigenvalue weighted by Gasteiger charge is 2.22. The molecule has 5 heteroatoms. The number of aryl methyl sites for hydroxylation is 1. The molecule has 0 aliphatic rings. The fourth-order valence-corrected chi connectivity index (χ4v) is 3.40. The van der Waals surface area contributed by atoms with Gasteiger partial charge in [0.05, 0.1) is 11.4 Å². The predicted molar refractivity (Wildman–Crippen MR) is 86.3 cm³/mol. The van der Waals surface area contributed by atoms with Crippen LogP contribution >= 0.6 is 0 Å². The number of nitrogens with two attached hydrogens (primary N) is 1. The fraction of sp³-hybridized carbons (Fsp3) is 0.500. The van der Waals surface area contributed by atoms with Crippen LogP contribution in [0.2, 0.25) is 0 Å². The largest absolute Gasteiger partial charge is 0.320 e. The van der Waals surface area contributed by atoms with E-state index in [4.69, 9.17) is 5.73 Å². The molecular weight excluding hydrogens is 284 g/mol. The number of nitrogens with one attached hydrogen (secondary N) is 1. The average Bonchev–Trinajstić information content (AvgIpc) is 2.43. The van der Waals surface area contributed by atoms with Crippen LogP contribution in [-0.4, -0.2) is 21.0 Å². The van der Waals surface area contributed by atoms with Crippen molar-refractivity contribution in [3.05, 3.63) is 29.3 Å². The zero-order chi connectivity index (χ0) is 16.0. The van der Waals surface area contributed by atoms with E-state index in [1.807, 2.05) is 27.7 Å². The van der Waals surface area contributed by atoms with Crippen LogP contribution < -0.4 is 10.5 Å². The van der Waals surface area contributed by atoms with Crippen LogP contribution in [0.5, 0.6) is 0 Å². The molecule has 21 heavy (non-hydrogen) atoms. The lowest BCUT2D eigenvalue weighted by molar-refractivity contribution is 0.434. The van der Waals surface area contributed by atoms with Crippen molar-refractivity contribution < 1.29 is 8.42 Å². The number of sulfonamides is 1. The maximum Gasteiger partial charge on any atom is 0.242 e. The van der Waals surface area contributed by atoms with E-state index in [1.165, 1.54) is 0 Å². The maximum absolute atomic E-state index is 12.5. The zero-order valence-electron chi connectivity index (χ0n) is 13.1. The molecule has 0 saturated heterocycles. The Bertz CT molecular complexity index is 642. The number of rotatable bonds is 5. The van der Waals surface area contributed by atoms with Gasteiger partial charge in [0.1, 0.15) is 0 Å². The molecule has 2 unspecified atom stereocenters. The number of hydrogen-bond donors (Lipinski definition) is 2. The summed E-state index contributed by atoms with van der Waals surface area (Å²) in [7, 11) is -3.59. The quantitative estimate of drug-likeness (QED) is 0.817. The third kappa shape index (κ3) is 4.85. The van der Waals surface area contributed by atoms with E-state index in [2.05, 4.69) is 16.6 Å².